The zero-order valence-electron chi connectivity index (χ0n) is 21.9. The molecule has 39 heavy (non-hydrogen) atoms. The highest BCUT2D eigenvalue weighted by molar-refractivity contribution is 5.98. The van der Waals surface area contributed by atoms with Crippen molar-refractivity contribution in [2.45, 2.75) is 33.2 Å². The first-order chi connectivity index (χ1) is 18.5. The molecule has 0 saturated heterocycles. The molecule has 0 aliphatic heterocycles. The number of hydrogen-bond acceptors (Lipinski definition) is 8. The van der Waals surface area contributed by atoms with Crippen LogP contribution in [0.1, 0.15) is 47.1 Å². The van der Waals surface area contributed by atoms with Crippen LogP contribution in [0.3, 0.4) is 0 Å². The van der Waals surface area contributed by atoms with Crippen molar-refractivity contribution in [3.8, 4) is 28.4 Å². The Balaban J connectivity index is 1.73. The predicted molar refractivity (Wildman–Crippen MR) is 145 cm³/mol. The molecule has 9 nitrogen and oxygen atoms in total. The molecule has 0 radical (unpaired) electrons. The van der Waals surface area contributed by atoms with Gasteiger partial charge in [0.1, 0.15) is 16.7 Å². The molecule has 1 amide bonds. The maximum absolute atomic E-state index is 13.6. The second kappa shape index (κ2) is 10.9. The van der Waals surface area contributed by atoms with E-state index in [-0.39, 0.29) is 39.3 Å². The smallest absolute Gasteiger partial charge is 0.333 e. The Morgan fingerprint density at radius 3 is 2.18 bits per heavy atom. The maximum atomic E-state index is 13.6. The van der Waals surface area contributed by atoms with Crippen molar-refractivity contribution in [2.75, 3.05) is 7.11 Å². The van der Waals surface area contributed by atoms with Crippen LogP contribution in [0.4, 0.5) is 0 Å². The van der Waals surface area contributed by atoms with E-state index in [0.717, 1.165) is 0 Å². The molecule has 0 aliphatic carbocycles. The van der Waals surface area contributed by atoms with Gasteiger partial charge in [-0.1, -0.05) is 56.3 Å². The number of amides is 1. The van der Waals surface area contributed by atoms with Crippen LogP contribution in [0, 0.1) is 12.8 Å². The number of aromatic hydroxyl groups is 3. The van der Waals surface area contributed by atoms with Gasteiger partial charge in [0, 0.05) is 11.1 Å². The van der Waals surface area contributed by atoms with E-state index in [2.05, 4.69) is 5.32 Å². The molecule has 1 atom stereocenters. The summed E-state index contributed by atoms with van der Waals surface area (Å²) in [6.07, 6.45) is 0.303. The molecule has 0 spiro atoms. The summed E-state index contributed by atoms with van der Waals surface area (Å²) in [5, 5.41) is 33.7. The van der Waals surface area contributed by atoms with Gasteiger partial charge in [-0.2, -0.15) is 0 Å². The minimum Gasteiger partial charge on any atom is -0.504 e. The van der Waals surface area contributed by atoms with Crippen LogP contribution < -0.4 is 10.7 Å². The standard InChI is InChI=1S/C30H29NO8/c1-15(2)14-20-24(32)27(35)26(34)22-25(33)21(16(3)39-28(20)22)17-10-12-19(13-11-17)29(36)31-23(30(37)38-4)18-8-6-5-7-9-18/h5-13,15,23,32,34-35H,14H2,1-4H3,(H,31,36)/t23-/m0/s1. The first-order valence-electron chi connectivity index (χ1n) is 12.3. The predicted octanol–water partition coefficient (Wildman–Crippen LogP) is 4.73. The zero-order valence-corrected chi connectivity index (χ0v) is 21.9. The second-order valence-electron chi connectivity index (χ2n) is 9.61. The molecule has 0 fully saturated rings. The number of fused-ring (bicyclic) bond motifs is 1. The van der Waals surface area contributed by atoms with Gasteiger partial charge in [0.05, 0.1) is 12.7 Å². The molecule has 0 saturated carbocycles. The second-order valence-corrected chi connectivity index (χ2v) is 9.61. The van der Waals surface area contributed by atoms with E-state index in [1.54, 1.807) is 49.4 Å². The van der Waals surface area contributed by atoms with E-state index >= 15 is 0 Å². The van der Waals surface area contributed by atoms with Gasteiger partial charge in [-0.05, 0) is 42.5 Å². The summed E-state index contributed by atoms with van der Waals surface area (Å²) in [5.41, 5.74) is 0.965. The van der Waals surface area contributed by atoms with Crippen molar-refractivity contribution < 1.29 is 34.1 Å². The largest absolute Gasteiger partial charge is 0.504 e. The van der Waals surface area contributed by atoms with Crippen molar-refractivity contribution in [3.63, 3.8) is 0 Å². The monoisotopic (exact) mass is 531 g/mol. The van der Waals surface area contributed by atoms with Crippen molar-refractivity contribution in [1.82, 2.24) is 5.32 Å². The number of nitrogens with one attached hydrogen (secondary N) is 1. The number of aryl methyl sites for hydroxylation is 1. The molecule has 4 aromatic rings. The summed E-state index contributed by atoms with van der Waals surface area (Å²) in [4.78, 5) is 38.8. The third kappa shape index (κ3) is 5.16. The molecule has 0 bridgehead atoms. The van der Waals surface area contributed by atoms with Crippen LogP contribution in [-0.4, -0.2) is 34.3 Å². The Bertz CT molecular complexity index is 1610. The number of carbonyl (C=O) groups is 2. The molecule has 9 heteroatoms. The Hall–Kier alpha value is -4.79. The first kappa shape index (κ1) is 27.3. The lowest BCUT2D eigenvalue weighted by atomic mass is 9.95. The molecule has 3 aromatic carbocycles. The van der Waals surface area contributed by atoms with Crippen molar-refractivity contribution in [3.05, 3.63) is 87.3 Å². The fourth-order valence-electron chi connectivity index (χ4n) is 4.53. The van der Waals surface area contributed by atoms with Crippen molar-refractivity contribution >= 4 is 22.8 Å². The number of phenolic OH excluding ortho intramolecular Hbond substituents is 3. The Morgan fingerprint density at radius 2 is 1.59 bits per heavy atom. The lowest BCUT2D eigenvalue weighted by molar-refractivity contribution is -0.143. The van der Waals surface area contributed by atoms with Gasteiger partial charge in [0.15, 0.2) is 17.5 Å². The SMILES string of the molecule is COC(=O)[C@@H](NC(=O)c1ccc(-c2c(C)oc3c(CC(C)C)c(O)c(O)c(O)c3c2=O)cc1)c1ccccc1. The van der Waals surface area contributed by atoms with Crippen LogP contribution >= 0.6 is 0 Å². The highest BCUT2D eigenvalue weighted by atomic mass is 16.5. The summed E-state index contributed by atoms with van der Waals surface area (Å²) in [6.45, 7) is 5.39. The van der Waals surface area contributed by atoms with Crippen molar-refractivity contribution in [1.29, 1.82) is 0 Å². The third-order valence-electron chi connectivity index (χ3n) is 6.43. The van der Waals surface area contributed by atoms with Crippen LogP contribution in [0.15, 0.2) is 63.8 Å². The molecule has 0 unspecified atom stereocenters. The van der Waals surface area contributed by atoms with Gasteiger partial charge in [-0.15, -0.1) is 0 Å². The van der Waals surface area contributed by atoms with E-state index in [1.807, 2.05) is 13.8 Å². The summed E-state index contributed by atoms with van der Waals surface area (Å²) >= 11 is 0. The zero-order chi connectivity index (χ0) is 28.4. The summed E-state index contributed by atoms with van der Waals surface area (Å²) < 4.78 is 10.8. The van der Waals surface area contributed by atoms with Gasteiger partial charge < -0.3 is 29.8 Å². The number of benzene rings is 3. The number of phenols is 3. The normalized spacial score (nSPS) is 11.9. The fourth-order valence-corrected chi connectivity index (χ4v) is 4.53. The van der Waals surface area contributed by atoms with Gasteiger partial charge in [0.2, 0.25) is 11.2 Å². The van der Waals surface area contributed by atoms with E-state index < -0.39 is 40.6 Å². The van der Waals surface area contributed by atoms with Gasteiger partial charge in [0.25, 0.3) is 5.91 Å². The number of methoxy groups -OCH3 is 1. The summed E-state index contributed by atoms with van der Waals surface area (Å²) in [6, 6.07) is 13.7. The number of rotatable bonds is 7. The van der Waals surface area contributed by atoms with Gasteiger partial charge >= 0.3 is 5.97 Å². The number of hydrogen-bond donors (Lipinski definition) is 4. The topological polar surface area (TPSA) is 146 Å². The van der Waals surface area contributed by atoms with E-state index in [0.29, 0.717) is 17.5 Å². The Morgan fingerprint density at radius 1 is 0.949 bits per heavy atom. The Kier molecular flexibility index (Phi) is 7.62. The molecular formula is C30H29NO8. The third-order valence-corrected chi connectivity index (χ3v) is 6.43. The van der Waals surface area contributed by atoms with Crippen LogP contribution in [0.2, 0.25) is 0 Å². The quantitative estimate of drug-likeness (QED) is 0.198. The average Bonchev–Trinajstić information content (AvgIpc) is 2.92. The molecule has 4 rings (SSSR count). The Labute approximate surface area is 224 Å². The number of esters is 1. The van der Waals surface area contributed by atoms with Gasteiger partial charge in [-0.25, -0.2) is 4.79 Å². The average molecular weight is 532 g/mol. The maximum Gasteiger partial charge on any atom is 0.333 e. The molecule has 0 aliphatic rings. The molecule has 202 valence electrons. The van der Waals surface area contributed by atoms with Crippen molar-refractivity contribution in [2.24, 2.45) is 5.92 Å². The highest BCUT2D eigenvalue weighted by Crippen LogP contribution is 2.45. The first-order valence-corrected chi connectivity index (χ1v) is 12.3. The fraction of sp³-hybridized carbons (Fsp3) is 0.233. The lowest BCUT2D eigenvalue weighted by Crippen LogP contribution is -2.34. The number of ether oxygens (including phenoxy) is 1. The lowest BCUT2D eigenvalue weighted by Gasteiger charge is -2.17. The summed E-state index contributed by atoms with van der Waals surface area (Å²) in [5.74, 6) is -2.94. The van der Waals surface area contributed by atoms with E-state index in [4.69, 9.17) is 9.15 Å². The number of carbonyl (C=O) groups excluding carboxylic acids is 2. The highest BCUT2D eigenvalue weighted by Gasteiger charge is 2.27. The van der Waals surface area contributed by atoms with Crippen LogP contribution in [-0.2, 0) is 16.0 Å². The van der Waals surface area contributed by atoms with Gasteiger partial charge in [-0.3, -0.25) is 9.59 Å². The summed E-state index contributed by atoms with van der Waals surface area (Å²) in [7, 11) is 1.24. The minimum absolute atomic E-state index is 0.00788. The van der Waals surface area contributed by atoms with E-state index in [9.17, 15) is 29.7 Å². The molecular weight excluding hydrogens is 502 g/mol. The van der Waals surface area contributed by atoms with Crippen LogP contribution in [0.5, 0.6) is 17.2 Å². The van der Waals surface area contributed by atoms with Crippen LogP contribution in [0.25, 0.3) is 22.1 Å². The molecule has 1 heterocycles. The van der Waals surface area contributed by atoms with E-state index in [1.165, 1.54) is 19.2 Å². The molecule has 4 N–H and O–H groups in total. The minimum atomic E-state index is -1.01. The molecule has 1 aromatic heterocycles.